The molecule has 0 saturated carbocycles. The van der Waals surface area contributed by atoms with E-state index in [1.165, 1.54) is 17.3 Å². The lowest BCUT2D eigenvalue weighted by Gasteiger charge is -2.13. The van der Waals surface area contributed by atoms with Gasteiger partial charge in [0.15, 0.2) is 17.0 Å². The van der Waals surface area contributed by atoms with Crippen LogP contribution in [0.25, 0.3) is 6.08 Å². The molecular weight excluding hydrogens is 396 g/mol. The summed E-state index contributed by atoms with van der Waals surface area (Å²) in [6.07, 6.45) is 2.80. The quantitative estimate of drug-likeness (QED) is 0.625. The zero-order valence-corrected chi connectivity index (χ0v) is 17.6. The molecule has 1 aliphatic heterocycles. The second-order valence-corrected chi connectivity index (χ2v) is 7.70. The van der Waals surface area contributed by atoms with E-state index < -0.39 is 0 Å². The van der Waals surface area contributed by atoms with E-state index in [4.69, 9.17) is 21.1 Å². The van der Waals surface area contributed by atoms with Gasteiger partial charge in [-0.05, 0) is 54.8 Å². The van der Waals surface area contributed by atoms with Gasteiger partial charge in [0.05, 0.1) is 23.6 Å². The zero-order chi connectivity index (χ0) is 20.1. The number of hydrogen-bond acceptors (Lipinski definition) is 5. The van der Waals surface area contributed by atoms with Crippen LogP contribution in [-0.4, -0.2) is 25.1 Å². The van der Waals surface area contributed by atoms with Crippen LogP contribution in [0.3, 0.4) is 0 Å². The van der Waals surface area contributed by atoms with Crippen LogP contribution in [0.1, 0.15) is 25.0 Å². The van der Waals surface area contributed by atoms with E-state index in [9.17, 15) is 4.79 Å². The Morgan fingerprint density at radius 3 is 2.64 bits per heavy atom. The van der Waals surface area contributed by atoms with E-state index in [0.717, 1.165) is 17.7 Å². The van der Waals surface area contributed by atoms with Crippen LogP contribution in [0.15, 0.2) is 41.3 Å². The first kappa shape index (κ1) is 20.4. The molecule has 2 N–H and O–H groups in total. The Balaban J connectivity index is 1.76. The van der Waals surface area contributed by atoms with Gasteiger partial charge in [-0.3, -0.25) is 4.79 Å². The van der Waals surface area contributed by atoms with Gasteiger partial charge in [0.2, 0.25) is 0 Å². The summed E-state index contributed by atoms with van der Waals surface area (Å²) in [7, 11) is 1.55. The van der Waals surface area contributed by atoms with Gasteiger partial charge in [-0.25, -0.2) is 0 Å². The molecule has 1 atom stereocenters. The van der Waals surface area contributed by atoms with Crippen LogP contribution in [0.4, 0.5) is 5.69 Å². The molecule has 0 bridgehead atoms. The highest BCUT2D eigenvalue weighted by Gasteiger charge is 2.27. The van der Waals surface area contributed by atoms with Crippen molar-refractivity contribution < 1.29 is 14.3 Å². The smallest absolute Gasteiger partial charge is 0.260 e. The summed E-state index contributed by atoms with van der Waals surface area (Å²) < 4.78 is 10.9. The molecular formula is C21H23ClN2O3S. The molecule has 3 rings (SSSR count). The molecule has 28 heavy (non-hydrogen) atoms. The fraction of sp³-hybridized carbons (Fsp3) is 0.286. The maximum atomic E-state index is 12.4. The Kier molecular flexibility index (Phi) is 6.75. The highest BCUT2D eigenvalue weighted by atomic mass is 35.5. The highest BCUT2D eigenvalue weighted by molar-refractivity contribution is 8.05. The monoisotopic (exact) mass is 418 g/mol. The average Bonchev–Trinajstić information content (AvgIpc) is 3.01. The van der Waals surface area contributed by atoms with E-state index in [1.54, 1.807) is 19.3 Å². The maximum Gasteiger partial charge on any atom is 0.260 e. The normalized spacial score (nSPS) is 17.5. The molecule has 1 fully saturated rings. The summed E-state index contributed by atoms with van der Waals surface area (Å²) in [5.41, 5.74) is 2.78. The molecule has 1 aliphatic rings. The number of ether oxygens (including phenoxy) is 2. The molecule has 1 saturated heterocycles. The van der Waals surface area contributed by atoms with Crippen molar-refractivity contribution in [2.24, 2.45) is 0 Å². The van der Waals surface area contributed by atoms with Gasteiger partial charge < -0.3 is 20.1 Å². The van der Waals surface area contributed by atoms with Crippen LogP contribution in [-0.2, 0) is 11.2 Å². The summed E-state index contributed by atoms with van der Waals surface area (Å²) >= 11 is 7.73. The number of thioether (sulfide) groups is 1. The molecule has 1 amide bonds. The third-order valence-corrected chi connectivity index (χ3v) is 5.53. The summed E-state index contributed by atoms with van der Waals surface area (Å²) in [5, 5.41) is 6.69. The lowest BCUT2D eigenvalue weighted by Crippen LogP contribution is -2.30. The van der Waals surface area contributed by atoms with Gasteiger partial charge in [0.1, 0.15) is 0 Å². The lowest BCUT2D eigenvalue weighted by molar-refractivity contribution is -0.116. The third-order valence-electron chi connectivity index (χ3n) is 4.22. The predicted octanol–water partition coefficient (Wildman–Crippen LogP) is 4.91. The minimum atomic E-state index is -0.230. The van der Waals surface area contributed by atoms with Crippen molar-refractivity contribution in [3.63, 3.8) is 0 Å². The molecule has 0 aromatic heterocycles. The van der Waals surface area contributed by atoms with Crippen molar-refractivity contribution in [2.75, 3.05) is 19.0 Å². The van der Waals surface area contributed by atoms with E-state index >= 15 is 0 Å². The Bertz CT molecular complexity index is 884. The van der Waals surface area contributed by atoms with Crippen molar-refractivity contribution in [2.45, 2.75) is 25.8 Å². The van der Waals surface area contributed by atoms with E-state index in [2.05, 4.69) is 29.7 Å². The lowest BCUT2D eigenvalue weighted by atomic mass is 10.1. The van der Waals surface area contributed by atoms with Crippen LogP contribution in [0.2, 0.25) is 5.02 Å². The molecule has 2 aromatic carbocycles. The van der Waals surface area contributed by atoms with Crippen LogP contribution < -0.4 is 20.1 Å². The van der Waals surface area contributed by atoms with Crippen molar-refractivity contribution >= 4 is 41.0 Å². The number of nitrogens with one attached hydrogen (secondary N) is 2. The number of carbonyl (C=O) groups excluding carboxylic acids is 1. The number of hydrogen-bond donors (Lipinski definition) is 2. The molecule has 0 aliphatic carbocycles. The highest BCUT2D eigenvalue weighted by Crippen LogP contribution is 2.38. The second kappa shape index (κ2) is 9.26. The number of amides is 1. The Labute approximate surface area is 174 Å². The first-order valence-electron chi connectivity index (χ1n) is 9.09. The van der Waals surface area contributed by atoms with E-state index in [-0.39, 0.29) is 11.4 Å². The summed E-state index contributed by atoms with van der Waals surface area (Å²) in [6.45, 7) is 4.50. The van der Waals surface area contributed by atoms with E-state index in [1.807, 2.05) is 25.1 Å². The molecule has 2 aromatic rings. The number of aryl methyl sites for hydroxylation is 1. The van der Waals surface area contributed by atoms with Crippen LogP contribution >= 0.6 is 23.4 Å². The molecule has 148 valence electrons. The average molecular weight is 419 g/mol. The van der Waals surface area contributed by atoms with Crippen molar-refractivity contribution in [1.29, 1.82) is 0 Å². The summed E-state index contributed by atoms with van der Waals surface area (Å²) in [5.74, 6) is 0.917. The molecule has 0 radical (unpaired) electrons. The number of rotatable bonds is 7. The number of anilines is 1. The first-order chi connectivity index (χ1) is 13.5. The van der Waals surface area contributed by atoms with E-state index in [0.29, 0.717) is 28.0 Å². The molecule has 1 heterocycles. The number of halogens is 1. The van der Waals surface area contributed by atoms with Gasteiger partial charge in [-0.2, -0.15) is 0 Å². The van der Waals surface area contributed by atoms with Crippen molar-refractivity contribution in [3.05, 3.63) is 57.5 Å². The second-order valence-electron chi connectivity index (χ2n) is 6.14. The molecule has 0 unspecified atom stereocenters. The van der Waals surface area contributed by atoms with Gasteiger partial charge in [-0.1, -0.05) is 42.4 Å². The SMILES string of the molecule is CCOc1cc(/C=C2\S[C@@H](Nc3ccc(CC)cc3)NC2=O)cc(Cl)c1OC. The van der Waals surface area contributed by atoms with Gasteiger partial charge in [-0.15, -0.1) is 0 Å². The topological polar surface area (TPSA) is 59.6 Å². The largest absolute Gasteiger partial charge is 0.491 e. The van der Waals surface area contributed by atoms with Crippen molar-refractivity contribution in [3.8, 4) is 11.5 Å². The van der Waals surface area contributed by atoms with Crippen LogP contribution in [0.5, 0.6) is 11.5 Å². The fourth-order valence-corrected chi connectivity index (χ4v) is 4.12. The summed E-state index contributed by atoms with van der Waals surface area (Å²) in [4.78, 5) is 13.0. The number of benzene rings is 2. The van der Waals surface area contributed by atoms with Gasteiger partial charge >= 0.3 is 0 Å². The Morgan fingerprint density at radius 2 is 2.00 bits per heavy atom. The number of methoxy groups -OCH3 is 1. The summed E-state index contributed by atoms with van der Waals surface area (Å²) in [6, 6.07) is 11.8. The Hall–Kier alpha value is -2.31. The fourth-order valence-electron chi connectivity index (χ4n) is 2.84. The van der Waals surface area contributed by atoms with Gasteiger partial charge in [0.25, 0.3) is 5.91 Å². The minimum absolute atomic E-state index is 0.127. The zero-order valence-electron chi connectivity index (χ0n) is 16.0. The van der Waals surface area contributed by atoms with Crippen LogP contribution in [0, 0.1) is 0 Å². The molecule has 0 spiro atoms. The predicted molar refractivity (Wildman–Crippen MR) is 116 cm³/mol. The molecule has 7 heteroatoms. The number of carbonyl (C=O) groups is 1. The van der Waals surface area contributed by atoms with Gasteiger partial charge in [0, 0.05) is 5.69 Å². The first-order valence-corrected chi connectivity index (χ1v) is 10.3. The third kappa shape index (κ3) is 4.75. The minimum Gasteiger partial charge on any atom is -0.491 e. The standard InChI is InChI=1S/C21H23ClN2O3S/c1-4-13-6-8-15(9-7-13)23-21-24-20(25)18(28-21)12-14-10-16(22)19(26-3)17(11-14)27-5-2/h6-12,21,23H,4-5H2,1-3H3,(H,24,25)/b18-12-/t21-/m0/s1. The maximum absolute atomic E-state index is 12.4. The Morgan fingerprint density at radius 1 is 1.25 bits per heavy atom. The van der Waals surface area contributed by atoms with Crippen molar-refractivity contribution in [1.82, 2.24) is 5.32 Å². The molecule has 5 nitrogen and oxygen atoms in total.